The van der Waals surface area contributed by atoms with Crippen LogP contribution in [-0.2, 0) is 10.0 Å². The van der Waals surface area contributed by atoms with Crippen LogP contribution < -0.4 is 9.88 Å². The fourth-order valence-corrected chi connectivity index (χ4v) is 3.41. The molecule has 1 aliphatic rings. The van der Waals surface area contributed by atoms with Crippen molar-refractivity contribution >= 4 is 10.0 Å². The molecule has 0 heterocycles. The maximum atomic E-state index is 11.5. The summed E-state index contributed by atoms with van der Waals surface area (Å²) in [5.41, 5.74) is 1.15. The van der Waals surface area contributed by atoms with Gasteiger partial charge < -0.3 is 4.74 Å². The molecular weight excluding hydrogens is 276 g/mol. The number of nitrogens with two attached hydrogens (primary N) is 1. The zero-order valence-corrected chi connectivity index (χ0v) is 12.5. The number of aryl methyl sites for hydroxylation is 2. The standard InChI is InChI=1S/C14H18N2O3S/c1-10-7-12(8-11(2)13(10)20(16,17)18)19-9-14(3-4-14)5-6-15/h7-8H,3-5,9H2,1-2H3,(H2,16,17,18). The third kappa shape index (κ3) is 3.11. The largest absolute Gasteiger partial charge is 0.493 e. The number of primary sulfonamides is 1. The summed E-state index contributed by atoms with van der Waals surface area (Å²) in [6.07, 6.45) is 2.52. The molecule has 0 bridgehead atoms. The van der Waals surface area contributed by atoms with E-state index in [2.05, 4.69) is 6.07 Å². The number of rotatable bonds is 5. The van der Waals surface area contributed by atoms with E-state index >= 15 is 0 Å². The first-order valence-corrected chi connectivity index (χ1v) is 7.96. The van der Waals surface area contributed by atoms with Crippen LogP contribution in [0.15, 0.2) is 17.0 Å². The fraction of sp³-hybridized carbons (Fsp3) is 0.500. The summed E-state index contributed by atoms with van der Waals surface area (Å²) in [6, 6.07) is 5.53. The lowest BCUT2D eigenvalue weighted by Gasteiger charge is -2.15. The van der Waals surface area contributed by atoms with Gasteiger partial charge in [-0.3, -0.25) is 0 Å². The molecule has 1 aromatic carbocycles. The minimum absolute atomic E-state index is 0.00479. The maximum absolute atomic E-state index is 11.5. The molecule has 0 amide bonds. The van der Waals surface area contributed by atoms with Gasteiger partial charge in [0, 0.05) is 11.8 Å². The Morgan fingerprint density at radius 1 is 1.35 bits per heavy atom. The molecule has 0 atom stereocenters. The Morgan fingerprint density at radius 3 is 2.30 bits per heavy atom. The molecular formula is C14H18N2O3S. The monoisotopic (exact) mass is 294 g/mol. The Kier molecular flexibility index (Phi) is 3.76. The van der Waals surface area contributed by atoms with Gasteiger partial charge in [0.05, 0.1) is 17.6 Å². The Balaban J connectivity index is 2.18. The quantitative estimate of drug-likeness (QED) is 0.899. The van der Waals surface area contributed by atoms with E-state index in [9.17, 15) is 8.42 Å². The van der Waals surface area contributed by atoms with Gasteiger partial charge in [0.25, 0.3) is 0 Å². The molecule has 1 aromatic rings. The Hall–Kier alpha value is -1.58. The highest BCUT2D eigenvalue weighted by Crippen LogP contribution is 2.48. The fourth-order valence-electron chi connectivity index (χ4n) is 2.40. The molecule has 0 aliphatic heterocycles. The van der Waals surface area contributed by atoms with E-state index in [0.29, 0.717) is 29.9 Å². The minimum Gasteiger partial charge on any atom is -0.493 e. The lowest BCUT2D eigenvalue weighted by Crippen LogP contribution is -2.16. The molecule has 0 radical (unpaired) electrons. The van der Waals surface area contributed by atoms with E-state index < -0.39 is 10.0 Å². The molecule has 0 saturated heterocycles. The molecule has 2 rings (SSSR count). The van der Waals surface area contributed by atoms with Crippen LogP contribution in [0.1, 0.15) is 30.4 Å². The van der Waals surface area contributed by atoms with Crippen LogP contribution in [0, 0.1) is 30.6 Å². The van der Waals surface area contributed by atoms with E-state index in [4.69, 9.17) is 15.1 Å². The number of benzene rings is 1. The summed E-state index contributed by atoms with van der Waals surface area (Å²) < 4.78 is 28.7. The topological polar surface area (TPSA) is 93.2 Å². The van der Waals surface area contributed by atoms with Gasteiger partial charge >= 0.3 is 0 Å². The van der Waals surface area contributed by atoms with Crippen molar-refractivity contribution in [2.45, 2.75) is 38.0 Å². The summed E-state index contributed by atoms with van der Waals surface area (Å²) in [5, 5.41) is 14.0. The van der Waals surface area contributed by atoms with Crippen LogP contribution in [0.3, 0.4) is 0 Å². The smallest absolute Gasteiger partial charge is 0.238 e. The van der Waals surface area contributed by atoms with E-state index in [1.807, 2.05) is 0 Å². The summed E-state index contributed by atoms with van der Waals surface area (Å²) >= 11 is 0. The zero-order chi connectivity index (χ0) is 15.0. The molecule has 1 saturated carbocycles. The second-order valence-electron chi connectivity index (χ2n) is 5.55. The molecule has 0 spiro atoms. The molecule has 20 heavy (non-hydrogen) atoms. The lowest BCUT2D eigenvalue weighted by atomic mass is 10.1. The van der Waals surface area contributed by atoms with Gasteiger partial charge in [-0.1, -0.05) is 0 Å². The predicted octanol–water partition coefficient (Wildman–Crippen LogP) is 2.02. The summed E-state index contributed by atoms with van der Waals surface area (Å²) in [4.78, 5) is 0.156. The average molecular weight is 294 g/mol. The Bertz CT molecular complexity index is 647. The van der Waals surface area contributed by atoms with E-state index in [0.717, 1.165) is 12.8 Å². The Morgan fingerprint density at radius 2 is 1.90 bits per heavy atom. The molecule has 0 aromatic heterocycles. The molecule has 0 unspecified atom stereocenters. The second kappa shape index (κ2) is 5.08. The van der Waals surface area contributed by atoms with Crippen LogP contribution in [-0.4, -0.2) is 15.0 Å². The Labute approximate surface area is 119 Å². The van der Waals surface area contributed by atoms with Crippen molar-refractivity contribution in [3.63, 3.8) is 0 Å². The molecule has 108 valence electrons. The van der Waals surface area contributed by atoms with Crippen molar-refractivity contribution < 1.29 is 13.2 Å². The highest BCUT2D eigenvalue weighted by molar-refractivity contribution is 7.89. The van der Waals surface area contributed by atoms with Crippen molar-refractivity contribution in [1.29, 1.82) is 5.26 Å². The number of nitrogens with zero attached hydrogens (tertiary/aromatic N) is 1. The second-order valence-corrected chi connectivity index (χ2v) is 7.05. The van der Waals surface area contributed by atoms with Crippen LogP contribution in [0.2, 0.25) is 0 Å². The molecule has 1 fully saturated rings. The zero-order valence-electron chi connectivity index (χ0n) is 11.6. The third-order valence-corrected chi connectivity index (χ3v) is 4.89. The van der Waals surface area contributed by atoms with Crippen molar-refractivity contribution in [3.05, 3.63) is 23.3 Å². The van der Waals surface area contributed by atoms with Gasteiger partial charge in [-0.05, 0) is 49.9 Å². The highest BCUT2D eigenvalue weighted by Gasteiger charge is 2.43. The minimum atomic E-state index is -3.72. The number of hydrogen-bond acceptors (Lipinski definition) is 4. The number of ether oxygens (including phenoxy) is 1. The van der Waals surface area contributed by atoms with Gasteiger partial charge in [-0.25, -0.2) is 13.6 Å². The first-order chi connectivity index (χ1) is 9.27. The van der Waals surface area contributed by atoms with Crippen LogP contribution >= 0.6 is 0 Å². The van der Waals surface area contributed by atoms with Gasteiger partial charge in [-0.15, -0.1) is 0 Å². The summed E-state index contributed by atoms with van der Waals surface area (Å²) in [6.45, 7) is 3.89. The van der Waals surface area contributed by atoms with Crippen LogP contribution in [0.25, 0.3) is 0 Å². The van der Waals surface area contributed by atoms with Gasteiger partial charge in [0.1, 0.15) is 5.75 Å². The maximum Gasteiger partial charge on any atom is 0.238 e. The molecule has 1 aliphatic carbocycles. The highest BCUT2D eigenvalue weighted by atomic mass is 32.2. The normalized spacial score (nSPS) is 16.5. The van der Waals surface area contributed by atoms with Crippen LogP contribution in [0.5, 0.6) is 5.75 Å². The SMILES string of the molecule is Cc1cc(OCC2(CC#N)CC2)cc(C)c1S(N)(=O)=O. The summed E-state index contributed by atoms with van der Waals surface area (Å²) in [5.74, 6) is 0.622. The van der Waals surface area contributed by atoms with E-state index in [1.54, 1.807) is 26.0 Å². The third-order valence-electron chi connectivity index (χ3n) is 3.67. The number of hydrogen-bond donors (Lipinski definition) is 1. The number of nitriles is 1. The van der Waals surface area contributed by atoms with Gasteiger partial charge in [0.15, 0.2) is 0 Å². The predicted molar refractivity (Wildman–Crippen MR) is 74.7 cm³/mol. The average Bonchev–Trinajstić information content (AvgIpc) is 3.04. The molecule has 5 nitrogen and oxygen atoms in total. The van der Waals surface area contributed by atoms with Gasteiger partial charge in [0.2, 0.25) is 10.0 Å². The molecule has 6 heteroatoms. The van der Waals surface area contributed by atoms with Crippen molar-refractivity contribution in [2.75, 3.05) is 6.61 Å². The molecule has 2 N–H and O–H groups in total. The number of sulfonamides is 1. The summed E-state index contributed by atoms with van der Waals surface area (Å²) in [7, 11) is -3.72. The van der Waals surface area contributed by atoms with Crippen LogP contribution in [0.4, 0.5) is 0 Å². The van der Waals surface area contributed by atoms with Crippen molar-refractivity contribution in [3.8, 4) is 11.8 Å². The van der Waals surface area contributed by atoms with Crippen molar-refractivity contribution in [2.24, 2.45) is 10.6 Å². The van der Waals surface area contributed by atoms with E-state index in [-0.39, 0.29) is 10.3 Å². The van der Waals surface area contributed by atoms with E-state index in [1.165, 1.54) is 0 Å². The van der Waals surface area contributed by atoms with Crippen molar-refractivity contribution in [1.82, 2.24) is 0 Å². The first kappa shape index (κ1) is 14.8. The lowest BCUT2D eigenvalue weighted by molar-refractivity contribution is 0.236. The first-order valence-electron chi connectivity index (χ1n) is 6.41. The van der Waals surface area contributed by atoms with Gasteiger partial charge in [-0.2, -0.15) is 5.26 Å².